The lowest BCUT2D eigenvalue weighted by atomic mass is 10.2. The molecule has 0 bridgehead atoms. The summed E-state index contributed by atoms with van der Waals surface area (Å²) < 4.78 is 1.73. The molecule has 0 atom stereocenters. The number of carbonyl (C=O) groups is 1. The van der Waals surface area contributed by atoms with Crippen molar-refractivity contribution in [3.05, 3.63) is 50.1 Å². The van der Waals surface area contributed by atoms with Gasteiger partial charge in [-0.2, -0.15) is 4.99 Å². The Kier molecular flexibility index (Phi) is 3.06. The van der Waals surface area contributed by atoms with Crippen molar-refractivity contribution in [3.8, 4) is 0 Å². The highest BCUT2D eigenvalue weighted by Crippen LogP contribution is 1.96. The molecule has 17 heavy (non-hydrogen) atoms. The number of nitrogens with zero attached hydrogens (tertiary/aromatic N) is 2. The van der Waals surface area contributed by atoms with E-state index in [1.165, 1.54) is 17.4 Å². The highest BCUT2D eigenvalue weighted by atomic mass is 32.1. The molecule has 0 saturated carbocycles. The Bertz CT molecular complexity index is 678. The predicted molar refractivity (Wildman–Crippen MR) is 65.0 cm³/mol. The van der Waals surface area contributed by atoms with E-state index in [0.29, 0.717) is 10.5 Å². The van der Waals surface area contributed by atoms with Gasteiger partial charge >= 0.3 is 0 Å². The summed E-state index contributed by atoms with van der Waals surface area (Å²) in [5.41, 5.74) is 0.371. The smallest absolute Gasteiger partial charge is 0.285 e. The van der Waals surface area contributed by atoms with Gasteiger partial charge in [-0.25, -0.2) is 0 Å². The quantitative estimate of drug-likeness (QED) is 0.813. The SMILES string of the molecule is Cc1ccc(C(=O)N=c2sccn2C)c(=O)[nH]1. The predicted octanol–water partition coefficient (Wildman–Crippen LogP) is 0.824. The summed E-state index contributed by atoms with van der Waals surface area (Å²) in [6, 6.07) is 3.17. The van der Waals surface area contributed by atoms with Crippen molar-refractivity contribution in [2.75, 3.05) is 0 Å². The molecule has 88 valence electrons. The van der Waals surface area contributed by atoms with E-state index in [-0.39, 0.29) is 5.56 Å². The number of amides is 1. The minimum atomic E-state index is -0.524. The minimum Gasteiger partial charge on any atom is -0.327 e. The number of carbonyl (C=O) groups excluding carboxylic acids is 1. The molecule has 0 fully saturated rings. The summed E-state index contributed by atoms with van der Waals surface area (Å²) in [5.74, 6) is -0.524. The largest absolute Gasteiger partial charge is 0.327 e. The van der Waals surface area contributed by atoms with Crippen LogP contribution in [-0.4, -0.2) is 15.5 Å². The van der Waals surface area contributed by atoms with Gasteiger partial charge < -0.3 is 9.55 Å². The topological polar surface area (TPSA) is 67.2 Å². The first kappa shape index (κ1) is 11.5. The highest BCUT2D eigenvalue weighted by Gasteiger charge is 2.09. The first-order chi connectivity index (χ1) is 8.08. The lowest BCUT2D eigenvalue weighted by molar-refractivity contribution is 0.0996. The van der Waals surface area contributed by atoms with Gasteiger partial charge in [-0.3, -0.25) is 9.59 Å². The van der Waals surface area contributed by atoms with Crippen LogP contribution in [0.5, 0.6) is 0 Å². The Labute approximate surface area is 101 Å². The lowest BCUT2D eigenvalue weighted by Gasteiger charge is -1.95. The molecule has 2 aromatic heterocycles. The van der Waals surface area contributed by atoms with Gasteiger partial charge in [0.2, 0.25) is 0 Å². The van der Waals surface area contributed by atoms with Crippen molar-refractivity contribution < 1.29 is 4.79 Å². The number of pyridine rings is 1. The van der Waals surface area contributed by atoms with Crippen molar-refractivity contribution in [2.45, 2.75) is 6.92 Å². The van der Waals surface area contributed by atoms with Crippen molar-refractivity contribution in [3.63, 3.8) is 0 Å². The van der Waals surface area contributed by atoms with Gasteiger partial charge in [-0.15, -0.1) is 11.3 Å². The van der Waals surface area contributed by atoms with Gasteiger partial charge in [0, 0.05) is 24.3 Å². The summed E-state index contributed by atoms with van der Waals surface area (Å²) in [6.45, 7) is 1.76. The summed E-state index contributed by atoms with van der Waals surface area (Å²) in [5, 5.41) is 1.82. The fraction of sp³-hybridized carbons (Fsp3) is 0.182. The number of nitrogens with one attached hydrogen (secondary N) is 1. The molecule has 0 unspecified atom stereocenters. The molecule has 1 N–H and O–H groups in total. The number of rotatable bonds is 1. The number of aromatic amines is 1. The molecule has 0 aliphatic carbocycles. The van der Waals surface area contributed by atoms with Gasteiger partial charge in [0.05, 0.1) is 0 Å². The van der Waals surface area contributed by atoms with Crippen LogP contribution >= 0.6 is 11.3 Å². The molecule has 0 spiro atoms. The summed E-state index contributed by atoms with van der Waals surface area (Å²) in [4.78, 5) is 30.4. The Morgan fingerprint density at radius 1 is 1.47 bits per heavy atom. The van der Waals surface area contributed by atoms with E-state index < -0.39 is 11.5 Å². The van der Waals surface area contributed by atoms with Gasteiger partial charge in [0.25, 0.3) is 11.5 Å². The maximum absolute atomic E-state index is 11.8. The van der Waals surface area contributed by atoms with Crippen LogP contribution < -0.4 is 10.4 Å². The van der Waals surface area contributed by atoms with E-state index in [0.717, 1.165) is 0 Å². The molecule has 2 heterocycles. The first-order valence-electron chi connectivity index (χ1n) is 4.97. The maximum Gasteiger partial charge on any atom is 0.285 e. The monoisotopic (exact) mass is 249 g/mol. The average Bonchev–Trinajstić information content (AvgIpc) is 2.64. The molecular formula is C11H11N3O2S. The second-order valence-corrected chi connectivity index (χ2v) is 4.47. The second-order valence-electron chi connectivity index (χ2n) is 3.60. The number of hydrogen-bond acceptors (Lipinski definition) is 3. The Morgan fingerprint density at radius 2 is 2.24 bits per heavy atom. The number of aryl methyl sites for hydroxylation is 2. The number of H-pyrrole nitrogens is 1. The summed E-state index contributed by atoms with van der Waals surface area (Å²) in [7, 11) is 1.79. The molecule has 0 radical (unpaired) electrons. The summed E-state index contributed by atoms with van der Waals surface area (Å²) in [6.07, 6.45) is 1.80. The van der Waals surface area contributed by atoms with Gasteiger partial charge in [-0.1, -0.05) is 0 Å². The lowest BCUT2D eigenvalue weighted by Crippen LogP contribution is -2.20. The van der Waals surface area contributed by atoms with E-state index in [1.54, 1.807) is 30.8 Å². The zero-order valence-electron chi connectivity index (χ0n) is 9.43. The molecule has 0 aromatic carbocycles. The van der Waals surface area contributed by atoms with Crippen LogP contribution in [0.3, 0.4) is 0 Å². The third-order valence-electron chi connectivity index (χ3n) is 2.24. The van der Waals surface area contributed by atoms with E-state index in [1.807, 2.05) is 5.38 Å². The molecule has 2 aromatic rings. The van der Waals surface area contributed by atoms with Crippen LogP contribution in [0.4, 0.5) is 0 Å². The van der Waals surface area contributed by atoms with Crippen LogP contribution in [0.1, 0.15) is 16.1 Å². The van der Waals surface area contributed by atoms with Crippen LogP contribution in [0.2, 0.25) is 0 Å². The number of hydrogen-bond donors (Lipinski definition) is 1. The summed E-state index contributed by atoms with van der Waals surface area (Å²) >= 11 is 1.34. The Balaban J connectivity index is 2.46. The number of aromatic nitrogens is 2. The van der Waals surface area contributed by atoms with Crippen molar-refractivity contribution >= 4 is 17.2 Å². The van der Waals surface area contributed by atoms with Crippen molar-refractivity contribution in [2.24, 2.45) is 12.0 Å². The molecule has 2 rings (SSSR count). The van der Waals surface area contributed by atoms with Gasteiger partial charge in [0.15, 0.2) is 4.80 Å². The highest BCUT2D eigenvalue weighted by molar-refractivity contribution is 7.07. The fourth-order valence-electron chi connectivity index (χ4n) is 1.32. The Hall–Kier alpha value is -1.95. The molecule has 0 aliphatic rings. The van der Waals surface area contributed by atoms with Crippen molar-refractivity contribution in [1.82, 2.24) is 9.55 Å². The van der Waals surface area contributed by atoms with Gasteiger partial charge in [0.1, 0.15) is 5.56 Å². The second kappa shape index (κ2) is 4.50. The van der Waals surface area contributed by atoms with Gasteiger partial charge in [-0.05, 0) is 19.1 Å². The molecule has 6 heteroatoms. The zero-order chi connectivity index (χ0) is 12.4. The fourth-order valence-corrected chi connectivity index (χ4v) is 2.05. The van der Waals surface area contributed by atoms with E-state index >= 15 is 0 Å². The minimum absolute atomic E-state index is 0.0593. The molecule has 5 nitrogen and oxygen atoms in total. The Morgan fingerprint density at radius 3 is 2.82 bits per heavy atom. The average molecular weight is 249 g/mol. The normalized spacial score (nSPS) is 11.8. The van der Waals surface area contributed by atoms with E-state index in [9.17, 15) is 9.59 Å². The van der Waals surface area contributed by atoms with Crippen molar-refractivity contribution in [1.29, 1.82) is 0 Å². The van der Waals surface area contributed by atoms with Crippen LogP contribution in [-0.2, 0) is 7.05 Å². The molecule has 1 amide bonds. The van der Waals surface area contributed by atoms with Crippen LogP contribution in [0, 0.1) is 6.92 Å². The van der Waals surface area contributed by atoms with Crippen LogP contribution in [0.15, 0.2) is 33.5 Å². The van der Waals surface area contributed by atoms with E-state index in [2.05, 4.69) is 9.98 Å². The third kappa shape index (κ3) is 2.42. The standard InChI is InChI=1S/C11H11N3O2S/c1-7-3-4-8(9(15)12-7)10(16)13-11-14(2)5-6-17-11/h3-6H,1-2H3,(H,12,15). The zero-order valence-corrected chi connectivity index (χ0v) is 10.2. The molecule has 0 aliphatic heterocycles. The first-order valence-corrected chi connectivity index (χ1v) is 5.85. The number of thiazole rings is 1. The maximum atomic E-state index is 11.8. The third-order valence-corrected chi connectivity index (χ3v) is 3.09. The van der Waals surface area contributed by atoms with Crippen LogP contribution in [0.25, 0.3) is 0 Å². The van der Waals surface area contributed by atoms with E-state index in [4.69, 9.17) is 0 Å². The molecular weight excluding hydrogens is 238 g/mol. The molecule has 0 saturated heterocycles.